The van der Waals surface area contributed by atoms with Crippen LogP contribution in [0.25, 0.3) is 0 Å². The summed E-state index contributed by atoms with van der Waals surface area (Å²) in [5.74, 6) is 0. The van der Waals surface area contributed by atoms with Gasteiger partial charge < -0.3 is 16.2 Å². The summed E-state index contributed by atoms with van der Waals surface area (Å²) in [5.41, 5.74) is 0. The lowest BCUT2D eigenvalue weighted by Gasteiger charge is -2.13. The standard InChI is InChI=1S/C18H39O5P.H3N/c1-3-4-5-6-7-8-9-10-11-12-13-14-15-16-17-22-24(20,21)23-18(2)19;/h18-19H,3-17H2,1-2H3,(H,20,21);1H3. The number of hydrogen-bond donors (Lipinski definition) is 3. The van der Waals surface area contributed by atoms with Gasteiger partial charge in [-0.1, -0.05) is 90.4 Å². The summed E-state index contributed by atoms with van der Waals surface area (Å²) in [5, 5.41) is 8.88. The fourth-order valence-corrected chi connectivity index (χ4v) is 3.51. The molecule has 0 aliphatic carbocycles. The van der Waals surface area contributed by atoms with E-state index in [-0.39, 0.29) is 12.8 Å². The maximum absolute atomic E-state index is 11.3. The topological polar surface area (TPSA) is 111 Å². The van der Waals surface area contributed by atoms with Gasteiger partial charge in [-0.3, -0.25) is 9.05 Å². The van der Waals surface area contributed by atoms with E-state index in [0.717, 1.165) is 19.3 Å². The summed E-state index contributed by atoms with van der Waals surface area (Å²) >= 11 is 0. The predicted molar refractivity (Wildman–Crippen MR) is 104 cm³/mol. The van der Waals surface area contributed by atoms with Gasteiger partial charge in [-0.2, -0.15) is 0 Å². The van der Waals surface area contributed by atoms with Crippen LogP contribution in [0.2, 0.25) is 0 Å². The summed E-state index contributed by atoms with van der Waals surface area (Å²) in [4.78, 5) is 9.24. The highest BCUT2D eigenvalue weighted by molar-refractivity contribution is 7.47. The Balaban J connectivity index is 0. The lowest BCUT2D eigenvalue weighted by molar-refractivity contribution is -0.0278. The van der Waals surface area contributed by atoms with E-state index in [0.29, 0.717) is 0 Å². The zero-order chi connectivity index (χ0) is 18.1. The number of rotatable bonds is 18. The molecule has 0 saturated heterocycles. The molecule has 0 saturated carbocycles. The van der Waals surface area contributed by atoms with Crippen LogP contribution in [0.1, 0.15) is 104 Å². The first-order valence-electron chi connectivity index (χ1n) is 9.81. The third kappa shape index (κ3) is 22.0. The lowest BCUT2D eigenvalue weighted by atomic mass is 10.0. The minimum atomic E-state index is -4.09. The summed E-state index contributed by atoms with van der Waals surface area (Å²) in [6, 6.07) is 0. The van der Waals surface area contributed by atoms with Gasteiger partial charge in [0.25, 0.3) is 0 Å². The molecule has 2 atom stereocenters. The maximum Gasteiger partial charge on any atom is 0.474 e. The number of aliphatic hydroxyl groups is 1. The molecule has 0 bridgehead atoms. The van der Waals surface area contributed by atoms with Crippen molar-refractivity contribution in [2.45, 2.75) is 110 Å². The van der Waals surface area contributed by atoms with E-state index in [9.17, 15) is 9.46 Å². The Morgan fingerprint density at radius 2 is 1.16 bits per heavy atom. The van der Waals surface area contributed by atoms with Crippen molar-refractivity contribution in [3.8, 4) is 0 Å². The minimum Gasteiger partial charge on any atom is -0.368 e. The van der Waals surface area contributed by atoms with Crippen molar-refractivity contribution in [3.05, 3.63) is 0 Å². The smallest absolute Gasteiger partial charge is 0.368 e. The molecule has 0 amide bonds. The highest BCUT2D eigenvalue weighted by Gasteiger charge is 2.22. The van der Waals surface area contributed by atoms with E-state index in [4.69, 9.17) is 9.63 Å². The summed E-state index contributed by atoms with van der Waals surface area (Å²) in [7, 11) is -4.09. The number of hydrogen-bond acceptors (Lipinski definition) is 5. The molecule has 6 nitrogen and oxygen atoms in total. The molecular weight excluding hydrogens is 341 g/mol. The van der Waals surface area contributed by atoms with Crippen molar-refractivity contribution >= 4 is 7.82 Å². The molecule has 0 radical (unpaired) electrons. The van der Waals surface area contributed by atoms with Crippen molar-refractivity contribution in [2.24, 2.45) is 0 Å². The predicted octanol–water partition coefficient (Wildman–Crippen LogP) is 6.10. The van der Waals surface area contributed by atoms with Gasteiger partial charge in [0.2, 0.25) is 0 Å². The van der Waals surface area contributed by atoms with Crippen LogP contribution < -0.4 is 6.15 Å². The Morgan fingerprint density at radius 1 is 0.800 bits per heavy atom. The van der Waals surface area contributed by atoms with E-state index in [1.807, 2.05) is 0 Å². The van der Waals surface area contributed by atoms with Crippen LogP contribution in [-0.2, 0) is 13.6 Å². The molecule has 0 spiro atoms. The van der Waals surface area contributed by atoms with Gasteiger partial charge in [0.1, 0.15) is 0 Å². The molecule has 0 aromatic heterocycles. The van der Waals surface area contributed by atoms with Crippen molar-refractivity contribution in [3.63, 3.8) is 0 Å². The number of unbranched alkanes of at least 4 members (excludes halogenated alkanes) is 13. The van der Waals surface area contributed by atoms with Crippen molar-refractivity contribution in [1.82, 2.24) is 6.15 Å². The zero-order valence-corrected chi connectivity index (χ0v) is 17.4. The van der Waals surface area contributed by atoms with E-state index >= 15 is 0 Å². The first-order chi connectivity index (χ1) is 11.5. The second-order valence-electron chi connectivity index (χ2n) is 6.60. The Hall–Kier alpha value is 0.0300. The van der Waals surface area contributed by atoms with Crippen LogP contribution >= 0.6 is 7.82 Å². The van der Waals surface area contributed by atoms with Gasteiger partial charge in [-0.25, -0.2) is 4.57 Å². The number of aliphatic hydroxyl groups excluding tert-OH is 1. The normalized spacial score (nSPS) is 14.7. The summed E-state index contributed by atoms with van der Waals surface area (Å²) < 4.78 is 20.5. The molecule has 0 aliphatic rings. The van der Waals surface area contributed by atoms with Gasteiger partial charge >= 0.3 is 7.82 Å². The van der Waals surface area contributed by atoms with Crippen LogP contribution in [0.3, 0.4) is 0 Å². The number of phosphoric ester groups is 1. The van der Waals surface area contributed by atoms with Crippen LogP contribution in [0.5, 0.6) is 0 Å². The fourth-order valence-electron chi connectivity index (χ4n) is 2.70. The highest BCUT2D eigenvalue weighted by atomic mass is 31.2. The molecule has 0 fully saturated rings. The van der Waals surface area contributed by atoms with E-state index in [1.165, 1.54) is 77.6 Å². The minimum absolute atomic E-state index is 0. The molecule has 0 heterocycles. The molecule has 154 valence electrons. The Bertz CT molecular complexity index is 316. The molecule has 0 aliphatic heterocycles. The summed E-state index contributed by atoms with van der Waals surface area (Å²) in [6.07, 6.45) is 16.4. The molecule has 25 heavy (non-hydrogen) atoms. The summed E-state index contributed by atoms with van der Waals surface area (Å²) in [6.45, 7) is 3.72. The lowest BCUT2D eigenvalue weighted by Crippen LogP contribution is -2.06. The van der Waals surface area contributed by atoms with Gasteiger partial charge in [0, 0.05) is 0 Å². The Morgan fingerprint density at radius 3 is 1.52 bits per heavy atom. The maximum atomic E-state index is 11.3. The first kappa shape index (κ1) is 27.3. The zero-order valence-electron chi connectivity index (χ0n) is 16.5. The van der Waals surface area contributed by atoms with Crippen LogP contribution in [0.4, 0.5) is 0 Å². The van der Waals surface area contributed by atoms with Crippen molar-refractivity contribution in [1.29, 1.82) is 0 Å². The molecule has 2 unspecified atom stereocenters. The molecule has 0 aromatic carbocycles. The molecule has 0 aromatic rings. The van der Waals surface area contributed by atoms with Gasteiger partial charge in [0.15, 0.2) is 6.29 Å². The average molecular weight is 384 g/mol. The Kier molecular flexibility index (Phi) is 20.5. The Labute approximate surface area is 154 Å². The number of phosphoric acid groups is 1. The van der Waals surface area contributed by atoms with Gasteiger partial charge in [0.05, 0.1) is 6.61 Å². The largest absolute Gasteiger partial charge is 0.474 e. The second-order valence-corrected chi connectivity index (χ2v) is 8.01. The second kappa shape index (κ2) is 18.8. The monoisotopic (exact) mass is 383 g/mol. The molecule has 5 N–H and O–H groups in total. The first-order valence-corrected chi connectivity index (χ1v) is 11.3. The van der Waals surface area contributed by atoms with Crippen molar-refractivity contribution < 1.29 is 23.6 Å². The van der Waals surface area contributed by atoms with E-state index < -0.39 is 14.1 Å². The van der Waals surface area contributed by atoms with Gasteiger partial charge in [-0.05, 0) is 13.3 Å². The van der Waals surface area contributed by atoms with Crippen molar-refractivity contribution in [2.75, 3.05) is 6.61 Å². The van der Waals surface area contributed by atoms with Crippen LogP contribution in [-0.4, -0.2) is 22.9 Å². The quantitative estimate of drug-likeness (QED) is 0.150. The van der Waals surface area contributed by atoms with E-state index in [2.05, 4.69) is 11.4 Å². The fraction of sp³-hybridized carbons (Fsp3) is 1.00. The van der Waals surface area contributed by atoms with E-state index in [1.54, 1.807) is 0 Å². The average Bonchev–Trinajstić information content (AvgIpc) is 2.49. The highest BCUT2D eigenvalue weighted by Crippen LogP contribution is 2.44. The van der Waals surface area contributed by atoms with Crippen LogP contribution in [0, 0.1) is 0 Å². The van der Waals surface area contributed by atoms with Gasteiger partial charge in [-0.15, -0.1) is 0 Å². The third-order valence-corrected chi connectivity index (χ3v) is 5.12. The third-order valence-electron chi connectivity index (χ3n) is 4.04. The molecule has 0 rings (SSSR count). The van der Waals surface area contributed by atoms with Crippen LogP contribution in [0.15, 0.2) is 0 Å². The molecular formula is C18H42NO5P. The SMILES string of the molecule is CCCCCCCCCCCCCCCCOP(=O)(O)OC(C)O.N. The molecule has 7 heteroatoms.